The molecule has 196 valence electrons. The number of nitrogens with one attached hydrogen (secondary N) is 1. The lowest BCUT2D eigenvalue weighted by Gasteiger charge is -2.13. The summed E-state index contributed by atoms with van der Waals surface area (Å²) in [6.45, 7) is 4.44. The van der Waals surface area contributed by atoms with Crippen molar-refractivity contribution in [3.8, 4) is 28.4 Å². The predicted octanol–water partition coefficient (Wildman–Crippen LogP) is 6.40. The minimum Gasteiger partial charge on any atom is -0.494 e. The van der Waals surface area contributed by atoms with Gasteiger partial charge in [0.2, 0.25) is 0 Å². The normalized spacial score (nSPS) is 11.9. The average Bonchev–Trinajstić information content (AvgIpc) is 3.41. The third kappa shape index (κ3) is 6.33. The van der Waals surface area contributed by atoms with Crippen molar-refractivity contribution in [1.82, 2.24) is 15.2 Å². The van der Waals surface area contributed by atoms with Gasteiger partial charge >= 0.3 is 0 Å². The lowest BCUT2D eigenvalue weighted by molar-refractivity contribution is -0.127. The summed E-state index contributed by atoms with van der Waals surface area (Å²) in [7, 11) is 0. The molecule has 1 amide bonds. The molecule has 1 unspecified atom stereocenters. The minimum absolute atomic E-state index is 0.353. The van der Waals surface area contributed by atoms with Gasteiger partial charge in [-0.05, 0) is 72.6 Å². The van der Waals surface area contributed by atoms with Crippen LogP contribution in [0.2, 0.25) is 0 Å². The number of para-hydroxylation sites is 1. The van der Waals surface area contributed by atoms with E-state index >= 15 is 0 Å². The van der Waals surface area contributed by atoms with E-state index in [9.17, 15) is 4.79 Å². The van der Waals surface area contributed by atoms with Gasteiger partial charge in [0.15, 0.2) is 6.10 Å². The Balaban J connectivity index is 1.31. The molecule has 0 spiro atoms. The van der Waals surface area contributed by atoms with Crippen molar-refractivity contribution in [3.63, 3.8) is 0 Å². The molecule has 7 heteroatoms. The van der Waals surface area contributed by atoms with Crippen LogP contribution in [0.1, 0.15) is 25.8 Å². The minimum atomic E-state index is -0.731. The van der Waals surface area contributed by atoms with E-state index in [2.05, 4.69) is 17.5 Å². The molecule has 0 fully saturated rings. The molecule has 39 heavy (non-hydrogen) atoms. The molecule has 0 saturated heterocycles. The zero-order chi connectivity index (χ0) is 27.0. The molecule has 0 saturated carbocycles. The summed E-state index contributed by atoms with van der Waals surface area (Å²) < 4.78 is 13.4. The first-order valence-corrected chi connectivity index (χ1v) is 13.0. The number of aromatic nitrogens is 2. The molecular formula is C32H30N4O3. The quantitative estimate of drug-likeness (QED) is 0.171. The van der Waals surface area contributed by atoms with E-state index in [0.29, 0.717) is 12.4 Å². The van der Waals surface area contributed by atoms with Gasteiger partial charge in [-0.3, -0.25) is 4.79 Å². The predicted molar refractivity (Wildman–Crippen MR) is 155 cm³/mol. The Morgan fingerprint density at radius 2 is 1.67 bits per heavy atom. The number of ether oxygens (including phenoxy) is 2. The second-order valence-corrected chi connectivity index (χ2v) is 9.09. The highest BCUT2D eigenvalue weighted by atomic mass is 16.5. The first-order chi connectivity index (χ1) is 19.1. The third-order valence-electron chi connectivity index (χ3n) is 6.15. The number of fused-ring (bicyclic) bond motifs is 1. The SMILES string of the molecule is CCCOc1ccc(-c2nn(-c3ccccc3)cc2/C=N/NC(=O)C(C)Oc2ccc3ccccc3c2)cc1. The smallest absolute Gasteiger partial charge is 0.280 e. The van der Waals surface area contributed by atoms with Crippen LogP contribution in [0.5, 0.6) is 11.5 Å². The Bertz CT molecular complexity index is 1580. The Morgan fingerprint density at radius 3 is 2.44 bits per heavy atom. The summed E-state index contributed by atoms with van der Waals surface area (Å²) in [5, 5.41) is 11.2. The molecule has 4 aromatic carbocycles. The highest BCUT2D eigenvalue weighted by Gasteiger charge is 2.15. The number of benzene rings is 4. The highest BCUT2D eigenvalue weighted by molar-refractivity contribution is 5.90. The molecule has 1 atom stereocenters. The third-order valence-corrected chi connectivity index (χ3v) is 6.15. The van der Waals surface area contributed by atoms with Crippen LogP contribution in [0, 0.1) is 0 Å². The van der Waals surface area contributed by atoms with Crippen LogP contribution in [-0.2, 0) is 4.79 Å². The van der Waals surface area contributed by atoms with Crippen molar-refractivity contribution in [2.45, 2.75) is 26.4 Å². The maximum absolute atomic E-state index is 12.7. The fourth-order valence-electron chi connectivity index (χ4n) is 4.10. The van der Waals surface area contributed by atoms with E-state index in [1.54, 1.807) is 17.8 Å². The molecule has 0 bridgehead atoms. The van der Waals surface area contributed by atoms with Crippen LogP contribution in [-0.4, -0.2) is 34.6 Å². The Hall–Kier alpha value is -4.91. The monoisotopic (exact) mass is 518 g/mol. The second-order valence-electron chi connectivity index (χ2n) is 9.09. The lowest BCUT2D eigenvalue weighted by Crippen LogP contribution is -2.33. The van der Waals surface area contributed by atoms with E-state index in [1.807, 2.05) is 103 Å². The summed E-state index contributed by atoms with van der Waals surface area (Å²) in [4.78, 5) is 12.7. The van der Waals surface area contributed by atoms with Crippen molar-refractivity contribution in [2.75, 3.05) is 6.61 Å². The highest BCUT2D eigenvalue weighted by Crippen LogP contribution is 2.25. The first-order valence-electron chi connectivity index (χ1n) is 13.0. The molecule has 0 aliphatic rings. The Labute approximate surface area is 227 Å². The summed E-state index contributed by atoms with van der Waals surface area (Å²) in [5.41, 5.74) is 5.92. The molecule has 1 aromatic heterocycles. The zero-order valence-corrected chi connectivity index (χ0v) is 22.0. The molecule has 0 aliphatic heterocycles. The van der Waals surface area contributed by atoms with Gasteiger partial charge in [-0.1, -0.05) is 55.5 Å². The first kappa shape index (κ1) is 25.7. The Morgan fingerprint density at radius 1 is 0.949 bits per heavy atom. The molecule has 7 nitrogen and oxygen atoms in total. The van der Waals surface area contributed by atoms with Gasteiger partial charge in [-0.2, -0.15) is 10.2 Å². The van der Waals surface area contributed by atoms with E-state index in [0.717, 1.165) is 45.5 Å². The van der Waals surface area contributed by atoms with E-state index in [4.69, 9.17) is 14.6 Å². The fourth-order valence-corrected chi connectivity index (χ4v) is 4.10. The number of hydrogen-bond acceptors (Lipinski definition) is 5. The number of nitrogens with zero attached hydrogens (tertiary/aromatic N) is 3. The number of hydrazone groups is 1. The summed E-state index contributed by atoms with van der Waals surface area (Å²) in [6.07, 6.45) is 3.70. The van der Waals surface area contributed by atoms with E-state index in [-0.39, 0.29) is 5.91 Å². The van der Waals surface area contributed by atoms with Crippen molar-refractivity contribution in [1.29, 1.82) is 0 Å². The molecule has 5 rings (SSSR count). The molecule has 1 N–H and O–H groups in total. The van der Waals surface area contributed by atoms with Crippen molar-refractivity contribution < 1.29 is 14.3 Å². The van der Waals surface area contributed by atoms with Crippen LogP contribution in [0.3, 0.4) is 0 Å². The van der Waals surface area contributed by atoms with Crippen molar-refractivity contribution >= 4 is 22.9 Å². The van der Waals surface area contributed by atoms with Gasteiger partial charge in [0, 0.05) is 17.3 Å². The molecular weight excluding hydrogens is 488 g/mol. The van der Waals surface area contributed by atoms with Crippen LogP contribution < -0.4 is 14.9 Å². The largest absolute Gasteiger partial charge is 0.494 e. The van der Waals surface area contributed by atoms with Gasteiger partial charge < -0.3 is 9.47 Å². The maximum atomic E-state index is 12.7. The number of amides is 1. The van der Waals surface area contributed by atoms with Crippen molar-refractivity contribution in [3.05, 3.63) is 109 Å². The average molecular weight is 519 g/mol. The van der Waals surface area contributed by atoms with Crippen molar-refractivity contribution in [2.24, 2.45) is 5.10 Å². The van der Waals surface area contributed by atoms with Crippen LogP contribution in [0.15, 0.2) is 108 Å². The summed E-state index contributed by atoms with van der Waals surface area (Å²) in [5.74, 6) is 1.08. The molecule has 0 radical (unpaired) electrons. The molecule has 1 heterocycles. The molecule has 5 aromatic rings. The number of hydrogen-bond donors (Lipinski definition) is 1. The summed E-state index contributed by atoms with van der Waals surface area (Å²) >= 11 is 0. The standard InChI is InChI=1S/C32H30N4O3/c1-3-19-38-29-16-14-25(15-17-29)31-27(22-36(35-31)28-11-5-4-6-12-28)21-33-34-32(37)23(2)39-30-18-13-24-9-7-8-10-26(24)20-30/h4-18,20-23H,3,19H2,1-2H3,(H,34,37)/b33-21+. The topological polar surface area (TPSA) is 77.7 Å². The fraction of sp³-hybridized carbons (Fsp3) is 0.156. The summed E-state index contributed by atoms with van der Waals surface area (Å²) in [6, 6.07) is 31.4. The van der Waals surface area contributed by atoms with Gasteiger partial charge in [-0.15, -0.1) is 0 Å². The van der Waals surface area contributed by atoms with E-state index in [1.165, 1.54) is 0 Å². The van der Waals surface area contributed by atoms with Crippen LogP contribution >= 0.6 is 0 Å². The van der Waals surface area contributed by atoms with Gasteiger partial charge in [0.05, 0.1) is 18.5 Å². The van der Waals surface area contributed by atoms with Crippen LogP contribution in [0.25, 0.3) is 27.7 Å². The number of carbonyl (C=O) groups excluding carboxylic acids is 1. The van der Waals surface area contributed by atoms with Gasteiger partial charge in [0.1, 0.15) is 17.2 Å². The van der Waals surface area contributed by atoms with Crippen LogP contribution in [0.4, 0.5) is 0 Å². The van der Waals surface area contributed by atoms with E-state index < -0.39 is 6.10 Å². The Kier molecular flexibility index (Phi) is 7.98. The van der Waals surface area contributed by atoms with Gasteiger partial charge in [0.25, 0.3) is 5.91 Å². The molecule has 0 aliphatic carbocycles. The maximum Gasteiger partial charge on any atom is 0.280 e. The number of rotatable bonds is 10. The number of carbonyl (C=O) groups is 1. The second kappa shape index (κ2) is 12.1. The van der Waals surface area contributed by atoms with Gasteiger partial charge in [-0.25, -0.2) is 10.1 Å². The lowest BCUT2D eigenvalue weighted by atomic mass is 10.1. The zero-order valence-electron chi connectivity index (χ0n) is 22.0.